The molecule has 0 fully saturated rings. The topological polar surface area (TPSA) is 9.23 Å². The Morgan fingerprint density at radius 1 is 1.00 bits per heavy atom. The number of hydrogen-bond donors (Lipinski definition) is 0. The van der Waals surface area contributed by atoms with Crippen LogP contribution in [0.5, 0.6) is 5.06 Å². The molecule has 0 atom stereocenters. The molecule has 102 valence electrons. The van der Waals surface area contributed by atoms with Gasteiger partial charge in [0.1, 0.15) is 0 Å². The van der Waals surface area contributed by atoms with Gasteiger partial charge in [-0.15, -0.1) is 0 Å². The lowest BCUT2D eigenvalue weighted by Gasteiger charge is -2.02. The Bertz CT molecular complexity index is 490. The number of thiophene rings is 1. The Labute approximate surface area is 127 Å². The van der Waals surface area contributed by atoms with Crippen LogP contribution in [0.25, 0.3) is 10.4 Å². The average Bonchev–Trinajstić information content (AvgIpc) is 2.88. The second kappa shape index (κ2) is 7.71. The Morgan fingerprint density at radius 2 is 1.79 bits per heavy atom. The molecular weight excluding hydrogens is 320 g/mol. The number of benzene rings is 1. The highest BCUT2D eigenvalue weighted by molar-refractivity contribution is 9.10. The fourth-order valence-corrected chi connectivity index (χ4v) is 3.02. The van der Waals surface area contributed by atoms with Gasteiger partial charge in [-0.05, 0) is 36.2 Å². The molecule has 1 nitrogen and oxygen atoms in total. The molecule has 0 unspecified atom stereocenters. The van der Waals surface area contributed by atoms with Crippen molar-refractivity contribution in [1.29, 1.82) is 0 Å². The maximum Gasteiger partial charge on any atom is 0.174 e. The van der Waals surface area contributed by atoms with Crippen LogP contribution in [0.1, 0.15) is 32.6 Å². The molecule has 0 saturated carbocycles. The molecule has 0 saturated heterocycles. The summed E-state index contributed by atoms with van der Waals surface area (Å²) in [5, 5.41) is 1.02. The van der Waals surface area contributed by atoms with E-state index < -0.39 is 0 Å². The van der Waals surface area contributed by atoms with E-state index in [9.17, 15) is 0 Å². The minimum absolute atomic E-state index is 0.834. The molecule has 2 rings (SSSR count). The molecule has 0 spiro atoms. The molecule has 19 heavy (non-hydrogen) atoms. The van der Waals surface area contributed by atoms with Gasteiger partial charge in [0.15, 0.2) is 5.06 Å². The highest BCUT2D eigenvalue weighted by Crippen LogP contribution is 2.33. The second-order valence-electron chi connectivity index (χ2n) is 4.53. The molecule has 1 heterocycles. The van der Waals surface area contributed by atoms with Crippen molar-refractivity contribution in [3.8, 4) is 15.5 Å². The zero-order valence-electron chi connectivity index (χ0n) is 11.2. The third-order valence-corrected chi connectivity index (χ3v) is 4.53. The number of unbranched alkanes of at least 4 members (excludes halogenated alkanes) is 3. The van der Waals surface area contributed by atoms with Crippen LogP contribution in [0, 0.1) is 0 Å². The molecule has 0 bridgehead atoms. The third-order valence-electron chi connectivity index (χ3n) is 2.95. The van der Waals surface area contributed by atoms with E-state index in [4.69, 9.17) is 4.74 Å². The van der Waals surface area contributed by atoms with Gasteiger partial charge in [-0.3, -0.25) is 0 Å². The van der Waals surface area contributed by atoms with Crippen LogP contribution in [0.2, 0.25) is 0 Å². The SMILES string of the molecule is CCCCCCOc1ccc(-c2ccc(Br)cc2)s1. The van der Waals surface area contributed by atoms with Gasteiger partial charge < -0.3 is 4.74 Å². The summed E-state index contributed by atoms with van der Waals surface area (Å²) in [6.45, 7) is 3.06. The summed E-state index contributed by atoms with van der Waals surface area (Å²) in [7, 11) is 0. The fourth-order valence-electron chi connectivity index (χ4n) is 1.87. The highest BCUT2D eigenvalue weighted by Gasteiger charge is 2.03. The molecule has 0 radical (unpaired) electrons. The second-order valence-corrected chi connectivity index (χ2v) is 6.50. The monoisotopic (exact) mass is 338 g/mol. The van der Waals surface area contributed by atoms with Gasteiger partial charge in [0, 0.05) is 9.35 Å². The number of rotatable bonds is 7. The Morgan fingerprint density at radius 3 is 2.53 bits per heavy atom. The van der Waals surface area contributed by atoms with Gasteiger partial charge in [0.25, 0.3) is 0 Å². The smallest absolute Gasteiger partial charge is 0.174 e. The van der Waals surface area contributed by atoms with E-state index in [1.165, 1.54) is 29.7 Å². The van der Waals surface area contributed by atoms with Crippen LogP contribution in [0.4, 0.5) is 0 Å². The molecule has 0 amide bonds. The first-order chi connectivity index (χ1) is 9.29. The van der Waals surface area contributed by atoms with E-state index in [0.29, 0.717) is 0 Å². The summed E-state index contributed by atoms with van der Waals surface area (Å²) < 4.78 is 6.90. The Kier molecular flexibility index (Phi) is 5.93. The number of ether oxygens (including phenoxy) is 1. The average molecular weight is 339 g/mol. The third kappa shape index (κ3) is 4.66. The van der Waals surface area contributed by atoms with E-state index >= 15 is 0 Å². The van der Waals surface area contributed by atoms with Gasteiger partial charge in [-0.25, -0.2) is 0 Å². The summed E-state index contributed by atoms with van der Waals surface area (Å²) in [4.78, 5) is 1.26. The summed E-state index contributed by atoms with van der Waals surface area (Å²) in [6, 6.07) is 12.6. The first kappa shape index (κ1) is 14.6. The maximum absolute atomic E-state index is 5.79. The summed E-state index contributed by atoms with van der Waals surface area (Å²) in [5.41, 5.74) is 1.24. The minimum Gasteiger partial charge on any atom is -0.484 e. The van der Waals surface area contributed by atoms with Crippen molar-refractivity contribution in [1.82, 2.24) is 0 Å². The van der Waals surface area contributed by atoms with Gasteiger partial charge in [0.2, 0.25) is 0 Å². The highest BCUT2D eigenvalue weighted by atomic mass is 79.9. The molecular formula is C16H19BrOS. The van der Waals surface area contributed by atoms with Crippen LogP contribution < -0.4 is 4.74 Å². The van der Waals surface area contributed by atoms with Gasteiger partial charge in [-0.2, -0.15) is 0 Å². The van der Waals surface area contributed by atoms with Crippen molar-refractivity contribution in [2.45, 2.75) is 32.6 Å². The zero-order chi connectivity index (χ0) is 13.5. The van der Waals surface area contributed by atoms with E-state index in [1.54, 1.807) is 11.3 Å². The first-order valence-corrected chi connectivity index (χ1v) is 8.39. The van der Waals surface area contributed by atoms with Crippen molar-refractivity contribution in [2.24, 2.45) is 0 Å². The molecule has 1 aromatic carbocycles. The van der Waals surface area contributed by atoms with Crippen LogP contribution in [-0.4, -0.2) is 6.61 Å². The Hall–Kier alpha value is -0.800. The molecule has 1 aromatic heterocycles. The van der Waals surface area contributed by atoms with E-state index in [1.807, 2.05) is 0 Å². The van der Waals surface area contributed by atoms with E-state index in [-0.39, 0.29) is 0 Å². The predicted octanol–water partition coefficient (Wildman–Crippen LogP) is 6.14. The van der Waals surface area contributed by atoms with Gasteiger partial charge in [-0.1, -0.05) is 65.6 Å². The summed E-state index contributed by atoms with van der Waals surface area (Å²) >= 11 is 5.17. The predicted molar refractivity (Wildman–Crippen MR) is 87.1 cm³/mol. The molecule has 0 aliphatic carbocycles. The van der Waals surface area contributed by atoms with E-state index in [0.717, 1.165) is 22.6 Å². The van der Waals surface area contributed by atoms with E-state index in [2.05, 4.69) is 59.3 Å². The van der Waals surface area contributed by atoms with Crippen molar-refractivity contribution in [2.75, 3.05) is 6.61 Å². The van der Waals surface area contributed by atoms with Crippen LogP contribution in [0.3, 0.4) is 0 Å². The Balaban J connectivity index is 1.86. The number of halogens is 1. The summed E-state index contributed by atoms with van der Waals surface area (Å²) in [6.07, 6.45) is 4.99. The zero-order valence-corrected chi connectivity index (χ0v) is 13.6. The lowest BCUT2D eigenvalue weighted by Crippen LogP contribution is -1.94. The molecule has 0 aliphatic rings. The molecule has 0 aliphatic heterocycles. The molecule has 2 aromatic rings. The first-order valence-electron chi connectivity index (χ1n) is 6.78. The normalized spacial score (nSPS) is 10.6. The number of hydrogen-bond acceptors (Lipinski definition) is 2. The minimum atomic E-state index is 0.834. The maximum atomic E-state index is 5.79. The van der Waals surface area contributed by atoms with Crippen molar-refractivity contribution in [3.63, 3.8) is 0 Å². The van der Waals surface area contributed by atoms with Crippen LogP contribution in [0.15, 0.2) is 40.9 Å². The molecule has 3 heteroatoms. The van der Waals surface area contributed by atoms with Crippen molar-refractivity contribution < 1.29 is 4.74 Å². The standard InChI is InChI=1S/C16H19BrOS/c1-2-3-4-5-12-18-16-11-10-15(19-16)13-6-8-14(17)9-7-13/h6-11H,2-5,12H2,1H3. The van der Waals surface area contributed by atoms with Crippen LogP contribution >= 0.6 is 27.3 Å². The fraction of sp³-hybridized carbons (Fsp3) is 0.375. The summed E-state index contributed by atoms with van der Waals surface area (Å²) in [5.74, 6) is 0. The van der Waals surface area contributed by atoms with Crippen LogP contribution in [-0.2, 0) is 0 Å². The van der Waals surface area contributed by atoms with Gasteiger partial charge in [0.05, 0.1) is 6.61 Å². The lowest BCUT2D eigenvalue weighted by atomic mass is 10.2. The van der Waals surface area contributed by atoms with Gasteiger partial charge >= 0.3 is 0 Å². The lowest BCUT2D eigenvalue weighted by molar-refractivity contribution is 0.313. The largest absolute Gasteiger partial charge is 0.484 e. The van der Waals surface area contributed by atoms with Crippen molar-refractivity contribution >= 4 is 27.3 Å². The quantitative estimate of drug-likeness (QED) is 0.551. The molecule has 0 N–H and O–H groups in total. The van der Waals surface area contributed by atoms with Crippen molar-refractivity contribution in [3.05, 3.63) is 40.9 Å².